The van der Waals surface area contributed by atoms with Crippen molar-refractivity contribution in [3.8, 4) is 0 Å². The topological polar surface area (TPSA) is 94.7 Å². The number of aliphatic carboxylic acids is 1. The third-order valence-electron chi connectivity index (χ3n) is 5.43. The summed E-state index contributed by atoms with van der Waals surface area (Å²) in [5.41, 5.74) is 0. The fraction of sp³-hybridized carbons (Fsp3) is 0.824. The average Bonchev–Trinajstić information content (AvgIpc) is 2.96. The number of rotatable bonds is 6. The molecule has 0 aromatic carbocycles. The lowest BCUT2D eigenvalue weighted by Gasteiger charge is -2.32. The Bertz CT molecular complexity index is 583. The van der Waals surface area contributed by atoms with Crippen molar-refractivity contribution in [1.82, 2.24) is 24.6 Å². The van der Waals surface area contributed by atoms with Gasteiger partial charge in [-0.05, 0) is 32.2 Å². The zero-order valence-electron chi connectivity index (χ0n) is 15.0. The van der Waals surface area contributed by atoms with Crippen LogP contribution in [0.15, 0.2) is 0 Å². The number of aromatic nitrogens is 3. The van der Waals surface area contributed by atoms with E-state index < -0.39 is 5.97 Å². The van der Waals surface area contributed by atoms with Crippen LogP contribution in [-0.2, 0) is 18.4 Å². The van der Waals surface area contributed by atoms with Gasteiger partial charge >= 0.3 is 5.97 Å². The number of carbonyl (C=O) groups is 1. The van der Waals surface area contributed by atoms with Crippen molar-refractivity contribution >= 4 is 5.97 Å². The van der Waals surface area contributed by atoms with E-state index in [1.807, 2.05) is 7.05 Å². The minimum absolute atomic E-state index is 0.162. The van der Waals surface area contributed by atoms with E-state index in [-0.39, 0.29) is 12.5 Å². The number of piperidine rings is 2. The first-order valence-electron chi connectivity index (χ1n) is 9.25. The van der Waals surface area contributed by atoms with E-state index in [4.69, 9.17) is 5.11 Å². The Morgan fingerprint density at radius 1 is 1.16 bits per heavy atom. The normalized spacial score (nSPS) is 23.8. The van der Waals surface area contributed by atoms with Gasteiger partial charge in [0.25, 0.3) is 0 Å². The fourth-order valence-electron chi connectivity index (χ4n) is 3.87. The number of likely N-dealkylation sites (tertiary alicyclic amines) is 2. The summed E-state index contributed by atoms with van der Waals surface area (Å²) in [5, 5.41) is 27.3. The van der Waals surface area contributed by atoms with Crippen molar-refractivity contribution in [1.29, 1.82) is 0 Å². The second-order valence-corrected chi connectivity index (χ2v) is 7.32. The van der Waals surface area contributed by atoms with Crippen LogP contribution >= 0.6 is 0 Å². The maximum absolute atomic E-state index is 10.8. The molecule has 2 saturated heterocycles. The van der Waals surface area contributed by atoms with Crippen molar-refractivity contribution in [3.63, 3.8) is 0 Å². The number of aliphatic hydroxyl groups excluding tert-OH is 1. The van der Waals surface area contributed by atoms with Crippen molar-refractivity contribution in [2.24, 2.45) is 7.05 Å². The molecule has 0 aliphatic carbocycles. The molecule has 2 aliphatic rings. The van der Waals surface area contributed by atoms with Crippen molar-refractivity contribution in [3.05, 3.63) is 11.6 Å². The number of carboxylic acids is 1. The Labute approximate surface area is 148 Å². The zero-order chi connectivity index (χ0) is 17.8. The monoisotopic (exact) mass is 351 g/mol. The maximum Gasteiger partial charge on any atom is 0.304 e. The molecule has 8 nitrogen and oxygen atoms in total. The van der Waals surface area contributed by atoms with Crippen LogP contribution < -0.4 is 0 Å². The van der Waals surface area contributed by atoms with Crippen LogP contribution in [0.3, 0.4) is 0 Å². The molecule has 0 radical (unpaired) electrons. The molecule has 3 heterocycles. The molecule has 0 bridgehead atoms. The standard InChI is InChI=1S/C17H29N5O3/c1-20-15(12-22-8-4-14(23)5-9-22)18-19-17(20)13-3-2-7-21(11-13)10-6-16(24)25/h13-14,23H,2-12H2,1H3,(H,24,25). The maximum atomic E-state index is 10.8. The predicted molar refractivity (Wildman–Crippen MR) is 92.2 cm³/mol. The lowest BCUT2D eigenvalue weighted by Crippen LogP contribution is -2.37. The van der Waals surface area contributed by atoms with Crippen LogP contribution in [0.4, 0.5) is 0 Å². The largest absolute Gasteiger partial charge is 0.481 e. The van der Waals surface area contributed by atoms with Gasteiger partial charge in [-0.25, -0.2) is 0 Å². The van der Waals surface area contributed by atoms with Gasteiger partial charge < -0.3 is 19.7 Å². The lowest BCUT2D eigenvalue weighted by atomic mass is 9.97. The molecule has 0 spiro atoms. The van der Waals surface area contributed by atoms with Gasteiger partial charge in [0.1, 0.15) is 11.6 Å². The molecule has 0 amide bonds. The molecule has 1 atom stereocenters. The van der Waals surface area contributed by atoms with Gasteiger partial charge in [0.05, 0.1) is 19.1 Å². The van der Waals surface area contributed by atoms with Crippen LogP contribution in [0.2, 0.25) is 0 Å². The Morgan fingerprint density at radius 2 is 1.92 bits per heavy atom. The highest BCUT2D eigenvalue weighted by atomic mass is 16.4. The van der Waals surface area contributed by atoms with Crippen molar-refractivity contribution in [2.45, 2.75) is 50.7 Å². The van der Waals surface area contributed by atoms with Gasteiger partial charge in [-0.15, -0.1) is 10.2 Å². The number of carboxylic acid groups (broad SMARTS) is 1. The third-order valence-corrected chi connectivity index (χ3v) is 5.43. The van der Waals surface area contributed by atoms with Gasteiger partial charge in [-0.1, -0.05) is 0 Å². The van der Waals surface area contributed by atoms with Gasteiger partial charge in [0.2, 0.25) is 0 Å². The minimum Gasteiger partial charge on any atom is -0.481 e. The Morgan fingerprint density at radius 3 is 2.64 bits per heavy atom. The van der Waals surface area contributed by atoms with Crippen LogP contribution in [0.1, 0.15) is 49.7 Å². The summed E-state index contributed by atoms with van der Waals surface area (Å²) in [6.45, 7) is 4.99. The smallest absolute Gasteiger partial charge is 0.304 e. The summed E-state index contributed by atoms with van der Waals surface area (Å²) < 4.78 is 2.11. The van der Waals surface area contributed by atoms with E-state index in [1.165, 1.54) is 0 Å². The lowest BCUT2D eigenvalue weighted by molar-refractivity contribution is -0.137. The molecule has 3 rings (SSSR count). The van der Waals surface area contributed by atoms with Crippen molar-refractivity contribution in [2.75, 3.05) is 32.7 Å². The second kappa shape index (κ2) is 8.25. The molecule has 2 aliphatic heterocycles. The van der Waals surface area contributed by atoms with E-state index in [9.17, 15) is 9.90 Å². The molecule has 2 N–H and O–H groups in total. The van der Waals surface area contributed by atoms with E-state index in [0.717, 1.165) is 70.1 Å². The van der Waals surface area contributed by atoms with E-state index in [1.54, 1.807) is 0 Å². The highest BCUT2D eigenvalue weighted by Gasteiger charge is 2.27. The summed E-state index contributed by atoms with van der Waals surface area (Å²) >= 11 is 0. The third kappa shape index (κ3) is 4.77. The molecule has 25 heavy (non-hydrogen) atoms. The quantitative estimate of drug-likeness (QED) is 0.767. The van der Waals surface area contributed by atoms with Crippen molar-refractivity contribution < 1.29 is 15.0 Å². The average molecular weight is 351 g/mol. The van der Waals surface area contributed by atoms with Gasteiger partial charge in [-0.3, -0.25) is 9.69 Å². The van der Waals surface area contributed by atoms with Gasteiger partial charge in [-0.2, -0.15) is 0 Å². The molecule has 1 aromatic rings. The second-order valence-electron chi connectivity index (χ2n) is 7.32. The van der Waals surface area contributed by atoms with Crippen LogP contribution in [0, 0.1) is 0 Å². The number of hydrogen-bond donors (Lipinski definition) is 2. The number of aliphatic hydroxyl groups is 1. The van der Waals surface area contributed by atoms with Crippen LogP contribution in [0.25, 0.3) is 0 Å². The summed E-state index contributed by atoms with van der Waals surface area (Å²) in [6.07, 6.45) is 3.82. The van der Waals surface area contributed by atoms with Gasteiger partial charge in [0, 0.05) is 39.1 Å². The molecule has 1 unspecified atom stereocenters. The van der Waals surface area contributed by atoms with Crippen LogP contribution in [0.5, 0.6) is 0 Å². The predicted octanol–water partition coefficient (Wildman–Crippen LogP) is 0.426. The Hall–Kier alpha value is -1.51. The summed E-state index contributed by atoms with van der Waals surface area (Å²) in [6, 6.07) is 0. The first-order chi connectivity index (χ1) is 12.0. The molecule has 1 aromatic heterocycles. The molecular formula is C17H29N5O3. The summed E-state index contributed by atoms with van der Waals surface area (Å²) in [4.78, 5) is 15.3. The zero-order valence-corrected chi connectivity index (χ0v) is 15.0. The summed E-state index contributed by atoms with van der Waals surface area (Å²) in [5.74, 6) is 1.55. The van der Waals surface area contributed by atoms with E-state index >= 15 is 0 Å². The highest BCUT2D eigenvalue weighted by molar-refractivity contribution is 5.66. The molecular weight excluding hydrogens is 322 g/mol. The number of hydrogen-bond acceptors (Lipinski definition) is 6. The Kier molecular flexibility index (Phi) is 6.03. The molecule has 2 fully saturated rings. The van der Waals surface area contributed by atoms with Gasteiger partial charge in [0.15, 0.2) is 0 Å². The first kappa shape index (κ1) is 18.3. The SMILES string of the molecule is Cn1c(CN2CCC(O)CC2)nnc1C1CCCN(CCC(=O)O)C1. The van der Waals surface area contributed by atoms with Crippen LogP contribution in [-0.4, -0.2) is 79.6 Å². The van der Waals surface area contributed by atoms with E-state index in [0.29, 0.717) is 12.5 Å². The number of nitrogens with zero attached hydrogens (tertiary/aromatic N) is 5. The fourth-order valence-corrected chi connectivity index (χ4v) is 3.87. The molecule has 8 heteroatoms. The molecule has 0 saturated carbocycles. The minimum atomic E-state index is -0.741. The highest BCUT2D eigenvalue weighted by Crippen LogP contribution is 2.26. The first-order valence-corrected chi connectivity index (χ1v) is 9.25. The molecule has 140 valence electrons. The van der Waals surface area contributed by atoms with E-state index in [2.05, 4.69) is 24.6 Å². The Balaban J connectivity index is 1.59. The summed E-state index contributed by atoms with van der Waals surface area (Å²) in [7, 11) is 2.03.